The fourth-order valence-electron chi connectivity index (χ4n) is 3.96. The summed E-state index contributed by atoms with van der Waals surface area (Å²) in [6.07, 6.45) is 0.789. The summed E-state index contributed by atoms with van der Waals surface area (Å²) in [7, 11) is -3.72. The Labute approximate surface area is 189 Å². The fourth-order valence-corrected chi connectivity index (χ4v) is 6.48. The molecular weight excluding hydrogens is 453 g/mol. The minimum atomic E-state index is -3.72. The van der Waals surface area contributed by atoms with Crippen LogP contribution in [0.2, 0.25) is 0 Å². The van der Waals surface area contributed by atoms with Gasteiger partial charge in [0.25, 0.3) is 0 Å². The molecule has 1 aliphatic rings. The van der Waals surface area contributed by atoms with Crippen LogP contribution in [-0.4, -0.2) is 36.3 Å². The van der Waals surface area contributed by atoms with E-state index in [0.717, 1.165) is 33.7 Å². The van der Waals surface area contributed by atoms with Crippen LogP contribution < -0.4 is 10.2 Å². The van der Waals surface area contributed by atoms with Gasteiger partial charge in [-0.2, -0.15) is 4.31 Å². The molecule has 0 spiro atoms. The van der Waals surface area contributed by atoms with Crippen LogP contribution in [0.25, 0.3) is 10.2 Å². The van der Waals surface area contributed by atoms with E-state index >= 15 is 0 Å². The summed E-state index contributed by atoms with van der Waals surface area (Å²) in [5.41, 5.74) is 1.45. The molecule has 1 N–H and O–H groups in total. The van der Waals surface area contributed by atoms with Gasteiger partial charge in [-0.1, -0.05) is 11.3 Å². The second-order valence-electron chi connectivity index (χ2n) is 8.14. The van der Waals surface area contributed by atoms with E-state index in [-0.39, 0.29) is 40.7 Å². The van der Waals surface area contributed by atoms with Gasteiger partial charge < -0.3 is 5.32 Å². The molecule has 2 aromatic carbocycles. The highest BCUT2D eigenvalue weighted by atomic mass is 32.2. The number of nitrogens with zero attached hydrogens (tertiary/aromatic N) is 2. The van der Waals surface area contributed by atoms with E-state index in [1.807, 2.05) is 19.9 Å². The molecule has 1 fully saturated rings. The van der Waals surface area contributed by atoms with Gasteiger partial charge in [0.1, 0.15) is 5.82 Å². The maximum absolute atomic E-state index is 13.1. The van der Waals surface area contributed by atoms with E-state index in [4.69, 9.17) is 0 Å². The number of benzene rings is 2. The Morgan fingerprint density at radius 3 is 2.41 bits per heavy atom. The highest BCUT2D eigenvalue weighted by molar-refractivity contribution is 7.89. The van der Waals surface area contributed by atoms with Gasteiger partial charge >= 0.3 is 4.87 Å². The van der Waals surface area contributed by atoms with Crippen molar-refractivity contribution in [3.05, 3.63) is 57.9 Å². The van der Waals surface area contributed by atoms with Crippen molar-refractivity contribution in [1.29, 1.82) is 0 Å². The molecule has 32 heavy (non-hydrogen) atoms. The number of amides is 1. The lowest BCUT2D eigenvalue weighted by atomic mass is 9.97. The molecule has 1 amide bonds. The normalized spacial score (nSPS) is 16.0. The number of sulfonamides is 1. The van der Waals surface area contributed by atoms with E-state index in [1.54, 1.807) is 16.7 Å². The van der Waals surface area contributed by atoms with Crippen molar-refractivity contribution in [2.45, 2.75) is 37.6 Å². The van der Waals surface area contributed by atoms with Crippen molar-refractivity contribution in [3.8, 4) is 0 Å². The third kappa shape index (κ3) is 4.35. The monoisotopic (exact) mass is 477 g/mol. The molecule has 1 aromatic heterocycles. The van der Waals surface area contributed by atoms with Gasteiger partial charge in [-0.25, -0.2) is 12.8 Å². The number of fused-ring (bicyclic) bond motifs is 1. The quantitative estimate of drug-likeness (QED) is 0.605. The molecule has 1 saturated heterocycles. The zero-order chi connectivity index (χ0) is 23.0. The first-order valence-corrected chi connectivity index (χ1v) is 12.6. The molecule has 0 atom stereocenters. The Balaban J connectivity index is 1.41. The van der Waals surface area contributed by atoms with Crippen molar-refractivity contribution in [3.63, 3.8) is 0 Å². The average molecular weight is 478 g/mol. The molecule has 3 aromatic rings. The van der Waals surface area contributed by atoms with Crippen molar-refractivity contribution in [2.75, 3.05) is 18.4 Å². The maximum atomic E-state index is 13.1. The molecule has 0 saturated carbocycles. The lowest BCUT2D eigenvalue weighted by Crippen LogP contribution is -2.41. The van der Waals surface area contributed by atoms with Gasteiger partial charge in [-0.15, -0.1) is 0 Å². The third-order valence-corrected chi connectivity index (χ3v) is 8.50. The van der Waals surface area contributed by atoms with Gasteiger partial charge in [0.05, 0.1) is 15.1 Å². The topological polar surface area (TPSA) is 88.5 Å². The zero-order valence-corrected chi connectivity index (χ0v) is 19.4. The Bertz CT molecular complexity index is 1310. The standard InChI is InChI=1S/C22H24FN3O4S2/c1-14(2)26-19-8-5-17(13-20(19)31-22(26)28)24-21(27)15-9-11-25(12-10-15)32(29,30)18-6-3-16(23)4-7-18/h3-8,13-15H,9-12H2,1-2H3,(H,24,27). The largest absolute Gasteiger partial charge is 0.326 e. The van der Waals surface area contributed by atoms with E-state index in [0.29, 0.717) is 18.5 Å². The first kappa shape index (κ1) is 22.6. The van der Waals surface area contributed by atoms with E-state index in [9.17, 15) is 22.4 Å². The molecule has 2 heterocycles. The van der Waals surface area contributed by atoms with Gasteiger partial charge in [0, 0.05) is 30.7 Å². The summed E-state index contributed by atoms with van der Waals surface area (Å²) in [5, 5.41) is 2.90. The smallest absolute Gasteiger partial charge is 0.308 e. The number of hydrogen-bond donors (Lipinski definition) is 1. The minimum absolute atomic E-state index is 0.0341. The van der Waals surface area contributed by atoms with Crippen molar-refractivity contribution in [2.24, 2.45) is 5.92 Å². The average Bonchev–Trinajstić information content (AvgIpc) is 3.09. The first-order valence-electron chi connectivity index (χ1n) is 10.4. The summed E-state index contributed by atoms with van der Waals surface area (Å²) in [6.45, 7) is 4.34. The molecule has 10 heteroatoms. The van der Waals surface area contributed by atoms with Crippen LogP contribution in [0.15, 0.2) is 52.2 Å². The Kier molecular flexibility index (Phi) is 6.19. The van der Waals surface area contributed by atoms with Gasteiger partial charge in [-0.3, -0.25) is 14.2 Å². The Morgan fingerprint density at radius 1 is 1.12 bits per heavy atom. The number of piperidine rings is 1. The number of nitrogens with one attached hydrogen (secondary N) is 1. The second-order valence-corrected chi connectivity index (χ2v) is 11.1. The van der Waals surface area contributed by atoms with Crippen molar-refractivity contribution < 1.29 is 17.6 Å². The number of carbonyl (C=O) groups is 1. The maximum Gasteiger partial charge on any atom is 0.308 e. The minimum Gasteiger partial charge on any atom is -0.326 e. The highest BCUT2D eigenvalue weighted by Gasteiger charge is 2.32. The number of anilines is 1. The third-order valence-electron chi connectivity index (χ3n) is 5.67. The summed E-state index contributed by atoms with van der Waals surface area (Å²) in [5.74, 6) is -0.978. The molecule has 1 aliphatic heterocycles. The first-order chi connectivity index (χ1) is 15.2. The van der Waals surface area contributed by atoms with E-state index < -0.39 is 15.8 Å². The molecule has 0 bridgehead atoms. The number of thiazole rings is 1. The zero-order valence-electron chi connectivity index (χ0n) is 17.7. The van der Waals surface area contributed by atoms with Gasteiger partial charge in [0.2, 0.25) is 15.9 Å². The van der Waals surface area contributed by atoms with Crippen molar-refractivity contribution in [1.82, 2.24) is 8.87 Å². The molecule has 0 radical (unpaired) electrons. The SMILES string of the molecule is CC(C)n1c(=O)sc2cc(NC(=O)C3CCN(S(=O)(=O)c4ccc(F)cc4)CC3)ccc21. The summed E-state index contributed by atoms with van der Waals surface area (Å²) < 4.78 is 42.5. The summed E-state index contributed by atoms with van der Waals surface area (Å²) in [4.78, 5) is 25.0. The number of carbonyl (C=O) groups excluding carboxylic acids is 1. The molecule has 4 rings (SSSR count). The molecule has 0 unspecified atom stereocenters. The molecule has 170 valence electrons. The lowest BCUT2D eigenvalue weighted by Gasteiger charge is -2.30. The Hall–Kier alpha value is -2.56. The molecular formula is C22H24FN3O4S2. The summed E-state index contributed by atoms with van der Waals surface area (Å²) in [6, 6.07) is 10.2. The second kappa shape index (κ2) is 8.76. The van der Waals surface area contributed by atoms with Gasteiger partial charge in [-0.05, 0) is 69.2 Å². The van der Waals surface area contributed by atoms with Crippen LogP contribution in [0.5, 0.6) is 0 Å². The highest BCUT2D eigenvalue weighted by Crippen LogP contribution is 2.27. The Morgan fingerprint density at radius 2 is 1.78 bits per heavy atom. The number of halogens is 1. The van der Waals surface area contributed by atoms with Crippen LogP contribution in [0.1, 0.15) is 32.7 Å². The van der Waals surface area contributed by atoms with Crippen molar-refractivity contribution >= 4 is 43.2 Å². The van der Waals surface area contributed by atoms with Crippen LogP contribution in [-0.2, 0) is 14.8 Å². The fraction of sp³-hybridized carbons (Fsp3) is 0.364. The van der Waals surface area contributed by atoms with Crippen LogP contribution in [0.4, 0.5) is 10.1 Å². The predicted octanol–water partition coefficient (Wildman–Crippen LogP) is 3.82. The lowest BCUT2D eigenvalue weighted by molar-refractivity contribution is -0.120. The van der Waals surface area contributed by atoms with E-state index in [1.165, 1.54) is 16.4 Å². The predicted molar refractivity (Wildman–Crippen MR) is 123 cm³/mol. The number of hydrogen-bond acceptors (Lipinski definition) is 5. The molecule has 0 aliphatic carbocycles. The van der Waals surface area contributed by atoms with Crippen LogP contribution in [0.3, 0.4) is 0 Å². The number of aromatic nitrogens is 1. The van der Waals surface area contributed by atoms with Crippen LogP contribution in [0, 0.1) is 11.7 Å². The summed E-state index contributed by atoms with van der Waals surface area (Å²) >= 11 is 1.14. The van der Waals surface area contributed by atoms with E-state index in [2.05, 4.69) is 5.32 Å². The molecule has 7 nitrogen and oxygen atoms in total. The van der Waals surface area contributed by atoms with Gasteiger partial charge in [0.15, 0.2) is 0 Å². The number of rotatable bonds is 5. The van der Waals surface area contributed by atoms with Crippen LogP contribution >= 0.6 is 11.3 Å².